The van der Waals surface area contributed by atoms with E-state index in [4.69, 9.17) is 0 Å². The van der Waals surface area contributed by atoms with Crippen LogP contribution in [0.2, 0.25) is 0 Å². The molecule has 1 N–H and O–H groups in total. The first-order chi connectivity index (χ1) is 9.98. The molecule has 0 amide bonds. The Balaban J connectivity index is 2.02. The van der Waals surface area contributed by atoms with Gasteiger partial charge in [0.2, 0.25) is 0 Å². The molecular formula is C15H21F3N2O. The first-order valence-electron chi connectivity index (χ1n) is 7.18. The van der Waals surface area contributed by atoms with Gasteiger partial charge in [-0.15, -0.1) is 13.2 Å². The molecule has 1 heterocycles. The smallest absolute Gasteiger partial charge is 0.405 e. The van der Waals surface area contributed by atoms with Gasteiger partial charge in [0.15, 0.2) is 0 Å². The van der Waals surface area contributed by atoms with E-state index in [1.807, 2.05) is 7.05 Å². The summed E-state index contributed by atoms with van der Waals surface area (Å²) < 4.78 is 41.4. The molecule has 0 aliphatic carbocycles. The van der Waals surface area contributed by atoms with Gasteiger partial charge in [0, 0.05) is 18.7 Å². The van der Waals surface area contributed by atoms with Crippen molar-refractivity contribution in [2.75, 3.05) is 26.7 Å². The number of likely N-dealkylation sites (tertiary alicyclic amines) is 1. The highest BCUT2D eigenvalue weighted by Crippen LogP contribution is 2.28. The largest absolute Gasteiger partial charge is 0.573 e. The molecule has 1 aliphatic rings. The van der Waals surface area contributed by atoms with Gasteiger partial charge in [0.05, 0.1) is 0 Å². The lowest BCUT2D eigenvalue weighted by atomic mass is 9.97. The van der Waals surface area contributed by atoms with E-state index in [0.29, 0.717) is 18.0 Å². The fourth-order valence-electron chi connectivity index (χ4n) is 2.85. The standard InChI is InChI=1S/C15H21F3N2O/c1-19-9-12-5-4-8-20(10-12)11-13-6-2-3-7-14(13)21-15(16,17)18/h2-3,6-7,12,19H,4-5,8-11H2,1H3. The Hall–Kier alpha value is -1.27. The van der Waals surface area contributed by atoms with E-state index in [9.17, 15) is 13.2 Å². The quantitative estimate of drug-likeness (QED) is 0.905. The number of nitrogens with one attached hydrogen (secondary N) is 1. The molecule has 2 rings (SSSR count). The van der Waals surface area contributed by atoms with E-state index >= 15 is 0 Å². The molecule has 0 spiro atoms. The second kappa shape index (κ2) is 7.13. The molecule has 0 radical (unpaired) electrons. The SMILES string of the molecule is CNCC1CCCN(Cc2ccccc2OC(F)(F)F)C1. The van der Waals surface area contributed by atoms with Gasteiger partial charge in [-0.05, 0) is 45.0 Å². The zero-order valence-corrected chi connectivity index (χ0v) is 12.1. The van der Waals surface area contributed by atoms with Gasteiger partial charge in [-0.1, -0.05) is 18.2 Å². The number of halogens is 3. The summed E-state index contributed by atoms with van der Waals surface area (Å²) in [5, 5.41) is 3.16. The molecule has 3 nitrogen and oxygen atoms in total. The van der Waals surface area contributed by atoms with Crippen molar-refractivity contribution in [2.45, 2.75) is 25.7 Å². The van der Waals surface area contributed by atoms with Crippen LogP contribution in [0.4, 0.5) is 13.2 Å². The molecule has 1 atom stereocenters. The van der Waals surface area contributed by atoms with Crippen LogP contribution in [0.5, 0.6) is 5.75 Å². The summed E-state index contributed by atoms with van der Waals surface area (Å²) in [5.41, 5.74) is 0.583. The van der Waals surface area contributed by atoms with Crippen LogP contribution in [0, 0.1) is 5.92 Å². The third-order valence-corrected chi connectivity index (χ3v) is 3.69. The third-order valence-electron chi connectivity index (χ3n) is 3.69. The van der Waals surface area contributed by atoms with Crippen LogP contribution >= 0.6 is 0 Å². The summed E-state index contributed by atoms with van der Waals surface area (Å²) >= 11 is 0. The average molecular weight is 302 g/mol. The predicted molar refractivity (Wildman–Crippen MR) is 75.1 cm³/mol. The second-order valence-corrected chi connectivity index (χ2v) is 5.46. The molecule has 118 valence electrons. The summed E-state index contributed by atoms with van der Waals surface area (Å²) in [6.45, 7) is 3.26. The van der Waals surface area contributed by atoms with E-state index in [1.165, 1.54) is 6.07 Å². The highest BCUT2D eigenvalue weighted by Gasteiger charge is 2.32. The van der Waals surface area contributed by atoms with Crippen molar-refractivity contribution in [3.8, 4) is 5.75 Å². The molecule has 1 aliphatic heterocycles. The maximum atomic E-state index is 12.4. The molecule has 6 heteroatoms. The molecule has 1 aromatic carbocycles. The molecule has 1 fully saturated rings. The van der Waals surface area contributed by atoms with Gasteiger partial charge in [-0.2, -0.15) is 0 Å². The summed E-state index contributed by atoms with van der Waals surface area (Å²) in [4.78, 5) is 2.20. The Labute approximate surface area is 123 Å². The number of alkyl halides is 3. The predicted octanol–water partition coefficient (Wildman–Crippen LogP) is 3.02. The molecule has 1 unspecified atom stereocenters. The minimum atomic E-state index is -4.65. The van der Waals surface area contributed by atoms with E-state index in [-0.39, 0.29) is 5.75 Å². The number of hydrogen-bond acceptors (Lipinski definition) is 3. The van der Waals surface area contributed by atoms with Crippen LogP contribution in [0.25, 0.3) is 0 Å². The first kappa shape index (κ1) is 16.1. The van der Waals surface area contributed by atoms with E-state index in [2.05, 4.69) is 15.0 Å². The van der Waals surface area contributed by atoms with Crippen LogP contribution in [0.1, 0.15) is 18.4 Å². The molecular weight excluding hydrogens is 281 g/mol. The number of para-hydroxylation sites is 1. The van der Waals surface area contributed by atoms with Crippen LogP contribution in [-0.4, -0.2) is 37.9 Å². The van der Waals surface area contributed by atoms with Gasteiger partial charge in [-0.3, -0.25) is 4.90 Å². The maximum absolute atomic E-state index is 12.4. The number of rotatable bonds is 5. The highest BCUT2D eigenvalue weighted by molar-refractivity contribution is 5.33. The fraction of sp³-hybridized carbons (Fsp3) is 0.600. The van der Waals surface area contributed by atoms with E-state index < -0.39 is 6.36 Å². The van der Waals surface area contributed by atoms with Crippen molar-refractivity contribution in [3.05, 3.63) is 29.8 Å². The lowest BCUT2D eigenvalue weighted by molar-refractivity contribution is -0.275. The Morgan fingerprint density at radius 2 is 2.10 bits per heavy atom. The van der Waals surface area contributed by atoms with Gasteiger partial charge < -0.3 is 10.1 Å². The van der Waals surface area contributed by atoms with E-state index in [1.54, 1.807) is 18.2 Å². The third kappa shape index (κ3) is 5.21. The van der Waals surface area contributed by atoms with Crippen molar-refractivity contribution in [1.82, 2.24) is 10.2 Å². The second-order valence-electron chi connectivity index (χ2n) is 5.46. The van der Waals surface area contributed by atoms with Crippen molar-refractivity contribution in [2.24, 2.45) is 5.92 Å². The zero-order valence-electron chi connectivity index (χ0n) is 12.1. The number of hydrogen-bond donors (Lipinski definition) is 1. The van der Waals surface area contributed by atoms with Gasteiger partial charge >= 0.3 is 6.36 Å². The molecule has 21 heavy (non-hydrogen) atoms. The van der Waals surface area contributed by atoms with Crippen molar-refractivity contribution < 1.29 is 17.9 Å². The number of benzene rings is 1. The maximum Gasteiger partial charge on any atom is 0.573 e. The highest BCUT2D eigenvalue weighted by atomic mass is 19.4. The fourth-order valence-corrected chi connectivity index (χ4v) is 2.85. The number of nitrogens with zero attached hydrogens (tertiary/aromatic N) is 1. The Kier molecular flexibility index (Phi) is 5.47. The van der Waals surface area contributed by atoms with Crippen LogP contribution in [0.3, 0.4) is 0 Å². The Morgan fingerprint density at radius 3 is 2.81 bits per heavy atom. The molecule has 1 saturated heterocycles. The summed E-state index contributed by atoms with van der Waals surface area (Å²) in [6.07, 6.45) is -2.40. The minimum Gasteiger partial charge on any atom is -0.405 e. The molecule has 0 saturated carbocycles. The van der Waals surface area contributed by atoms with Gasteiger partial charge in [0.25, 0.3) is 0 Å². The van der Waals surface area contributed by atoms with E-state index in [0.717, 1.165) is 32.5 Å². The van der Waals surface area contributed by atoms with Crippen LogP contribution in [-0.2, 0) is 6.54 Å². The summed E-state index contributed by atoms with van der Waals surface area (Å²) in [7, 11) is 1.92. The van der Waals surface area contributed by atoms with Crippen molar-refractivity contribution in [3.63, 3.8) is 0 Å². The first-order valence-corrected chi connectivity index (χ1v) is 7.18. The monoisotopic (exact) mass is 302 g/mol. The van der Waals surface area contributed by atoms with Gasteiger partial charge in [-0.25, -0.2) is 0 Å². The average Bonchev–Trinajstić information content (AvgIpc) is 2.40. The van der Waals surface area contributed by atoms with Crippen molar-refractivity contribution >= 4 is 0 Å². The van der Waals surface area contributed by atoms with Gasteiger partial charge in [0.1, 0.15) is 5.75 Å². The number of ether oxygens (including phenoxy) is 1. The summed E-state index contributed by atoms with van der Waals surface area (Å²) in [5.74, 6) is 0.459. The molecule has 0 bridgehead atoms. The number of piperidine rings is 1. The summed E-state index contributed by atoms with van der Waals surface area (Å²) in [6, 6.07) is 6.37. The lowest BCUT2D eigenvalue weighted by Crippen LogP contribution is -2.38. The Bertz CT molecular complexity index is 449. The van der Waals surface area contributed by atoms with Crippen molar-refractivity contribution in [1.29, 1.82) is 0 Å². The normalized spacial score (nSPS) is 20.5. The lowest BCUT2D eigenvalue weighted by Gasteiger charge is -2.33. The molecule has 1 aromatic rings. The Morgan fingerprint density at radius 1 is 1.33 bits per heavy atom. The zero-order chi connectivity index (χ0) is 15.3. The topological polar surface area (TPSA) is 24.5 Å². The molecule has 0 aromatic heterocycles. The van der Waals surface area contributed by atoms with Crippen LogP contribution in [0.15, 0.2) is 24.3 Å². The van der Waals surface area contributed by atoms with Crippen LogP contribution < -0.4 is 10.1 Å². The minimum absolute atomic E-state index is 0.0965.